The van der Waals surface area contributed by atoms with E-state index in [1.54, 1.807) is 0 Å². The van der Waals surface area contributed by atoms with Crippen molar-refractivity contribution in [2.24, 2.45) is 5.92 Å². The van der Waals surface area contributed by atoms with E-state index in [1.165, 1.54) is 4.90 Å². The summed E-state index contributed by atoms with van der Waals surface area (Å²) < 4.78 is 17.7. The van der Waals surface area contributed by atoms with E-state index in [9.17, 15) is 9.18 Å². The van der Waals surface area contributed by atoms with Crippen molar-refractivity contribution in [1.82, 2.24) is 4.90 Å². The third-order valence-corrected chi connectivity index (χ3v) is 3.14. The fourth-order valence-electron chi connectivity index (χ4n) is 1.98. The molecule has 2 rings (SSSR count). The smallest absolute Gasteiger partial charge is 0.410 e. The minimum atomic E-state index is -0.498. The van der Waals surface area contributed by atoms with E-state index in [0.29, 0.717) is 6.54 Å². The highest BCUT2D eigenvalue weighted by Crippen LogP contribution is 2.25. The van der Waals surface area contributed by atoms with Crippen LogP contribution in [0.2, 0.25) is 0 Å². The van der Waals surface area contributed by atoms with E-state index in [2.05, 4.69) is 0 Å². The SMILES string of the molecule is CC1CN(C(=O)OCc2ccccc2)C1CF. The Morgan fingerprint density at radius 1 is 1.47 bits per heavy atom. The number of hydrogen-bond donors (Lipinski definition) is 0. The zero-order valence-electron chi connectivity index (χ0n) is 9.80. The van der Waals surface area contributed by atoms with Crippen molar-refractivity contribution in [3.63, 3.8) is 0 Å². The van der Waals surface area contributed by atoms with Gasteiger partial charge < -0.3 is 9.64 Å². The van der Waals surface area contributed by atoms with Gasteiger partial charge in [0.15, 0.2) is 0 Å². The summed E-state index contributed by atoms with van der Waals surface area (Å²) in [4.78, 5) is 13.1. The van der Waals surface area contributed by atoms with E-state index in [-0.39, 0.29) is 18.6 Å². The first-order valence-electron chi connectivity index (χ1n) is 5.75. The van der Waals surface area contributed by atoms with Crippen molar-refractivity contribution >= 4 is 6.09 Å². The van der Waals surface area contributed by atoms with Crippen LogP contribution in [0.25, 0.3) is 0 Å². The van der Waals surface area contributed by atoms with Crippen molar-refractivity contribution < 1.29 is 13.9 Å². The van der Waals surface area contributed by atoms with Gasteiger partial charge in [-0.05, 0) is 11.5 Å². The van der Waals surface area contributed by atoms with E-state index in [0.717, 1.165) is 5.56 Å². The van der Waals surface area contributed by atoms with Crippen molar-refractivity contribution in [1.29, 1.82) is 0 Å². The molecule has 1 amide bonds. The number of nitrogens with zero attached hydrogens (tertiary/aromatic N) is 1. The third-order valence-electron chi connectivity index (χ3n) is 3.14. The normalized spacial score (nSPS) is 23.1. The molecule has 3 nitrogen and oxygen atoms in total. The number of likely N-dealkylation sites (tertiary alicyclic amines) is 1. The number of carbonyl (C=O) groups excluding carboxylic acids is 1. The molecule has 1 aromatic carbocycles. The lowest BCUT2D eigenvalue weighted by molar-refractivity contribution is -0.000352. The zero-order chi connectivity index (χ0) is 12.3. The lowest BCUT2D eigenvalue weighted by atomic mass is 9.92. The molecule has 0 aromatic heterocycles. The Hall–Kier alpha value is -1.58. The van der Waals surface area contributed by atoms with Crippen LogP contribution in [0.3, 0.4) is 0 Å². The molecular weight excluding hydrogens is 221 g/mol. The molecule has 0 N–H and O–H groups in total. The predicted octanol–water partition coefficient (Wildman–Crippen LogP) is 2.61. The van der Waals surface area contributed by atoms with Gasteiger partial charge in [0.1, 0.15) is 13.3 Å². The van der Waals surface area contributed by atoms with Crippen molar-refractivity contribution in [3.8, 4) is 0 Å². The standard InChI is InChI=1S/C13H16FNO2/c1-10-8-15(12(10)7-14)13(16)17-9-11-5-3-2-4-6-11/h2-6,10,12H,7-9H2,1H3. The second kappa shape index (κ2) is 5.17. The van der Waals surface area contributed by atoms with Crippen LogP contribution in [0.4, 0.5) is 9.18 Å². The van der Waals surface area contributed by atoms with Crippen molar-refractivity contribution in [2.45, 2.75) is 19.6 Å². The highest BCUT2D eigenvalue weighted by Gasteiger charge is 2.39. The van der Waals surface area contributed by atoms with Gasteiger partial charge in [-0.3, -0.25) is 0 Å². The Bertz CT molecular complexity index is 382. The summed E-state index contributed by atoms with van der Waals surface area (Å²) in [5.74, 6) is 0.226. The van der Waals surface area contributed by atoms with Crippen LogP contribution < -0.4 is 0 Å². The van der Waals surface area contributed by atoms with Crippen LogP contribution in [0.15, 0.2) is 30.3 Å². The number of halogens is 1. The summed E-state index contributed by atoms with van der Waals surface area (Å²) >= 11 is 0. The topological polar surface area (TPSA) is 29.5 Å². The molecule has 4 heteroatoms. The summed E-state index contributed by atoms with van der Waals surface area (Å²) in [6, 6.07) is 9.15. The minimum absolute atomic E-state index is 0.226. The number of rotatable bonds is 3. The first kappa shape index (κ1) is 11.9. The molecule has 2 atom stereocenters. The second-order valence-electron chi connectivity index (χ2n) is 4.39. The number of carbonyl (C=O) groups is 1. The molecule has 1 fully saturated rings. The number of amides is 1. The molecule has 0 saturated carbocycles. The molecule has 1 aliphatic heterocycles. The first-order chi connectivity index (χ1) is 8.22. The zero-order valence-corrected chi connectivity index (χ0v) is 9.80. The van der Waals surface area contributed by atoms with Gasteiger partial charge in [-0.15, -0.1) is 0 Å². The molecule has 1 aromatic rings. The molecule has 1 heterocycles. The van der Waals surface area contributed by atoms with Gasteiger partial charge in [-0.2, -0.15) is 0 Å². The first-order valence-corrected chi connectivity index (χ1v) is 5.75. The highest BCUT2D eigenvalue weighted by atomic mass is 19.1. The third kappa shape index (κ3) is 2.57. The fraction of sp³-hybridized carbons (Fsp3) is 0.462. The van der Waals surface area contributed by atoms with Crippen molar-refractivity contribution in [2.75, 3.05) is 13.2 Å². The van der Waals surface area contributed by atoms with Gasteiger partial charge >= 0.3 is 6.09 Å². The molecule has 17 heavy (non-hydrogen) atoms. The predicted molar refractivity (Wildman–Crippen MR) is 62.3 cm³/mol. The molecule has 2 unspecified atom stereocenters. The highest BCUT2D eigenvalue weighted by molar-refractivity contribution is 5.69. The maximum absolute atomic E-state index is 12.6. The summed E-state index contributed by atoms with van der Waals surface area (Å²) in [5, 5.41) is 0. The van der Waals surface area contributed by atoms with Crippen LogP contribution in [0, 0.1) is 5.92 Å². The van der Waals surface area contributed by atoms with Gasteiger partial charge in [-0.1, -0.05) is 37.3 Å². The van der Waals surface area contributed by atoms with Gasteiger partial charge in [0, 0.05) is 6.54 Å². The van der Waals surface area contributed by atoms with Crippen LogP contribution in [-0.2, 0) is 11.3 Å². The maximum Gasteiger partial charge on any atom is 0.410 e. The van der Waals surface area contributed by atoms with Crippen molar-refractivity contribution in [3.05, 3.63) is 35.9 Å². The molecule has 1 aliphatic rings. The molecular formula is C13H16FNO2. The Balaban J connectivity index is 1.82. The summed E-state index contributed by atoms with van der Waals surface area (Å²) in [6.45, 7) is 2.26. The summed E-state index contributed by atoms with van der Waals surface area (Å²) in [7, 11) is 0. The average molecular weight is 237 g/mol. The van der Waals surface area contributed by atoms with Crippen LogP contribution >= 0.6 is 0 Å². The van der Waals surface area contributed by atoms with Crippen LogP contribution in [0.5, 0.6) is 0 Å². The summed E-state index contributed by atoms with van der Waals surface area (Å²) in [6.07, 6.45) is -0.422. The Kier molecular flexibility index (Phi) is 3.61. The lowest BCUT2D eigenvalue weighted by Crippen LogP contribution is -2.58. The molecule has 0 aliphatic carbocycles. The number of ether oxygens (including phenoxy) is 1. The second-order valence-corrected chi connectivity index (χ2v) is 4.39. The maximum atomic E-state index is 12.6. The Labute approximate surface area is 100 Å². The van der Waals surface area contributed by atoms with E-state index >= 15 is 0 Å². The number of benzene rings is 1. The Morgan fingerprint density at radius 3 is 2.76 bits per heavy atom. The van der Waals surface area contributed by atoms with Crippen LogP contribution in [0.1, 0.15) is 12.5 Å². The molecule has 0 spiro atoms. The lowest BCUT2D eigenvalue weighted by Gasteiger charge is -2.44. The minimum Gasteiger partial charge on any atom is -0.445 e. The van der Waals surface area contributed by atoms with E-state index < -0.39 is 12.8 Å². The van der Waals surface area contributed by atoms with E-state index in [1.807, 2.05) is 37.3 Å². The monoisotopic (exact) mass is 237 g/mol. The number of alkyl halides is 1. The molecule has 0 radical (unpaired) electrons. The van der Waals surface area contributed by atoms with Gasteiger partial charge in [0.05, 0.1) is 6.04 Å². The molecule has 92 valence electrons. The van der Waals surface area contributed by atoms with E-state index in [4.69, 9.17) is 4.74 Å². The quantitative estimate of drug-likeness (QED) is 0.808. The molecule has 1 saturated heterocycles. The number of hydrogen-bond acceptors (Lipinski definition) is 2. The average Bonchev–Trinajstić information content (AvgIpc) is 2.35. The molecule has 0 bridgehead atoms. The van der Waals surface area contributed by atoms with Gasteiger partial charge in [0.25, 0.3) is 0 Å². The fourth-order valence-corrected chi connectivity index (χ4v) is 1.98. The Morgan fingerprint density at radius 2 is 2.18 bits per heavy atom. The van der Waals surface area contributed by atoms with Crippen LogP contribution in [-0.4, -0.2) is 30.3 Å². The van der Waals surface area contributed by atoms with Gasteiger partial charge in [0.2, 0.25) is 0 Å². The largest absolute Gasteiger partial charge is 0.445 e. The van der Waals surface area contributed by atoms with Gasteiger partial charge in [-0.25, -0.2) is 9.18 Å². The summed E-state index contributed by atoms with van der Waals surface area (Å²) in [5.41, 5.74) is 0.936.